The van der Waals surface area contributed by atoms with Crippen molar-refractivity contribution in [2.24, 2.45) is 0 Å². The van der Waals surface area contributed by atoms with Crippen LogP contribution in [0.15, 0.2) is 48.5 Å². The van der Waals surface area contributed by atoms with Crippen LogP contribution in [0, 0.1) is 0 Å². The number of methoxy groups -OCH3 is 1. The monoisotopic (exact) mass is 338 g/mol. The van der Waals surface area contributed by atoms with E-state index in [2.05, 4.69) is 10.6 Å². The molecule has 0 aliphatic carbocycles. The van der Waals surface area contributed by atoms with Crippen LogP contribution in [0.4, 0.5) is 0 Å². The maximum atomic E-state index is 12.2. The number of hydrogen-bond donors (Lipinski definition) is 2. The second-order valence-electron chi connectivity index (χ2n) is 6.15. The van der Waals surface area contributed by atoms with Crippen molar-refractivity contribution in [3.05, 3.63) is 65.2 Å². The molecular weight excluding hydrogens is 316 g/mol. The van der Waals surface area contributed by atoms with Gasteiger partial charge in [-0.05, 0) is 35.7 Å². The Balaban J connectivity index is 1.53. The molecule has 0 spiro atoms. The summed E-state index contributed by atoms with van der Waals surface area (Å²) in [7, 11) is 1.63. The predicted octanol–water partition coefficient (Wildman–Crippen LogP) is 2.27. The minimum Gasteiger partial charge on any atom is -0.497 e. The Kier molecular flexibility index (Phi) is 5.33. The van der Waals surface area contributed by atoms with E-state index in [4.69, 9.17) is 4.74 Å². The van der Waals surface area contributed by atoms with Gasteiger partial charge in [-0.3, -0.25) is 9.59 Å². The van der Waals surface area contributed by atoms with Crippen molar-refractivity contribution in [3.8, 4) is 5.75 Å². The molecule has 3 rings (SSSR count). The predicted molar refractivity (Wildman–Crippen MR) is 95.8 cm³/mol. The zero-order valence-corrected chi connectivity index (χ0v) is 14.2. The molecule has 2 aromatic rings. The lowest BCUT2D eigenvalue weighted by Gasteiger charge is -2.25. The zero-order valence-electron chi connectivity index (χ0n) is 14.2. The fourth-order valence-corrected chi connectivity index (χ4v) is 3.07. The highest BCUT2D eigenvalue weighted by Gasteiger charge is 2.24. The fraction of sp³-hybridized carbons (Fsp3) is 0.300. The number of ether oxygens (including phenoxy) is 1. The number of carbonyl (C=O) groups is 2. The van der Waals surface area contributed by atoms with Gasteiger partial charge in [-0.1, -0.05) is 30.3 Å². The van der Waals surface area contributed by atoms with Crippen LogP contribution in [-0.2, 0) is 11.2 Å². The summed E-state index contributed by atoms with van der Waals surface area (Å²) >= 11 is 0. The second-order valence-corrected chi connectivity index (χ2v) is 6.15. The third kappa shape index (κ3) is 4.18. The number of amides is 2. The molecule has 0 saturated heterocycles. The maximum Gasteiger partial charge on any atom is 0.251 e. The SMILES string of the molecule is COc1cccc(CCC(=O)NCC2CNC(=O)c3ccccc32)c1. The van der Waals surface area contributed by atoms with Crippen molar-refractivity contribution >= 4 is 11.8 Å². The number of benzene rings is 2. The van der Waals surface area contributed by atoms with Crippen molar-refractivity contribution < 1.29 is 14.3 Å². The summed E-state index contributed by atoms with van der Waals surface area (Å²) in [6.45, 7) is 1.07. The molecule has 1 heterocycles. The Morgan fingerprint density at radius 2 is 2.08 bits per heavy atom. The summed E-state index contributed by atoms with van der Waals surface area (Å²) in [5.41, 5.74) is 2.77. The van der Waals surface area contributed by atoms with Crippen LogP contribution in [0.3, 0.4) is 0 Å². The molecule has 2 N–H and O–H groups in total. The number of fused-ring (bicyclic) bond motifs is 1. The molecule has 5 nitrogen and oxygen atoms in total. The molecule has 0 saturated carbocycles. The molecule has 130 valence electrons. The molecule has 1 aliphatic heterocycles. The molecule has 2 aromatic carbocycles. The van der Waals surface area contributed by atoms with Gasteiger partial charge in [0.05, 0.1) is 7.11 Å². The lowest BCUT2D eigenvalue weighted by atomic mass is 9.90. The van der Waals surface area contributed by atoms with E-state index in [1.807, 2.05) is 48.5 Å². The third-order valence-corrected chi connectivity index (χ3v) is 4.47. The van der Waals surface area contributed by atoms with Gasteiger partial charge in [-0.15, -0.1) is 0 Å². The second kappa shape index (κ2) is 7.83. The maximum absolute atomic E-state index is 12.2. The van der Waals surface area contributed by atoms with E-state index < -0.39 is 0 Å². The standard InChI is InChI=1S/C20H22N2O3/c1-25-16-6-4-5-14(11-16)9-10-19(23)21-12-15-13-22-20(24)18-8-3-2-7-17(15)18/h2-8,11,15H,9-10,12-13H2,1H3,(H,21,23)(H,22,24). The van der Waals surface area contributed by atoms with E-state index >= 15 is 0 Å². The molecular formula is C20H22N2O3. The van der Waals surface area contributed by atoms with Crippen LogP contribution in [0.25, 0.3) is 0 Å². The highest BCUT2D eigenvalue weighted by atomic mass is 16.5. The van der Waals surface area contributed by atoms with Crippen LogP contribution < -0.4 is 15.4 Å². The Morgan fingerprint density at radius 3 is 2.92 bits per heavy atom. The highest BCUT2D eigenvalue weighted by Crippen LogP contribution is 2.23. The smallest absolute Gasteiger partial charge is 0.251 e. The average molecular weight is 338 g/mol. The van der Waals surface area contributed by atoms with Crippen LogP contribution in [0.1, 0.15) is 33.8 Å². The molecule has 1 unspecified atom stereocenters. The lowest BCUT2D eigenvalue weighted by molar-refractivity contribution is -0.121. The van der Waals surface area contributed by atoms with Gasteiger partial charge in [0.25, 0.3) is 5.91 Å². The number of rotatable bonds is 6. The van der Waals surface area contributed by atoms with Gasteiger partial charge in [0.2, 0.25) is 5.91 Å². The summed E-state index contributed by atoms with van der Waals surface area (Å²) in [4.78, 5) is 24.0. The molecule has 0 fully saturated rings. The van der Waals surface area contributed by atoms with E-state index in [1.165, 1.54) is 0 Å². The van der Waals surface area contributed by atoms with Crippen molar-refractivity contribution in [2.75, 3.05) is 20.2 Å². The number of hydrogen-bond acceptors (Lipinski definition) is 3. The van der Waals surface area contributed by atoms with Crippen molar-refractivity contribution in [2.45, 2.75) is 18.8 Å². The third-order valence-electron chi connectivity index (χ3n) is 4.47. The molecule has 2 amide bonds. The lowest BCUT2D eigenvalue weighted by Crippen LogP contribution is -2.40. The summed E-state index contributed by atoms with van der Waals surface area (Å²) in [6, 6.07) is 15.3. The van der Waals surface area contributed by atoms with Gasteiger partial charge in [-0.25, -0.2) is 0 Å². The molecule has 25 heavy (non-hydrogen) atoms. The van der Waals surface area contributed by atoms with Gasteiger partial charge in [0, 0.05) is 31.0 Å². The van der Waals surface area contributed by atoms with E-state index in [0.717, 1.165) is 16.9 Å². The quantitative estimate of drug-likeness (QED) is 0.849. The first-order chi connectivity index (χ1) is 12.2. The largest absolute Gasteiger partial charge is 0.497 e. The normalized spacial score (nSPS) is 15.9. The number of carbonyl (C=O) groups excluding carboxylic acids is 2. The Bertz CT molecular complexity index is 773. The van der Waals surface area contributed by atoms with Crippen LogP contribution in [0.2, 0.25) is 0 Å². The van der Waals surface area contributed by atoms with Gasteiger partial charge >= 0.3 is 0 Å². The highest BCUT2D eigenvalue weighted by molar-refractivity contribution is 5.97. The van der Waals surface area contributed by atoms with Crippen molar-refractivity contribution in [1.82, 2.24) is 10.6 Å². The van der Waals surface area contributed by atoms with Gasteiger partial charge in [-0.2, -0.15) is 0 Å². The zero-order chi connectivity index (χ0) is 17.6. The van der Waals surface area contributed by atoms with Crippen LogP contribution in [0.5, 0.6) is 5.75 Å². The van der Waals surface area contributed by atoms with E-state index in [0.29, 0.717) is 31.5 Å². The Hall–Kier alpha value is -2.82. The Morgan fingerprint density at radius 1 is 1.24 bits per heavy atom. The topological polar surface area (TPSA) is 67.4 Å². The van der Waals surface area contributed by atoms with Crippen LogP contribution >= 0.6 is 0 Å². The first-order valence-corrected chi connectivity index (χ1v) is 8.44. The van der Waals surface area contributed by atoms with E-state index in [9.17, 15) is 9.59 Å². The van der Waals surface area contributed by atoms with Gasteiger partial charge in [0.1, 0.15) is 5.75 Å². The molecule has 0 radical (unpaired) electrons. The van der Waals surface area contributed by atoms with Crippen LogP contribution in [-0.4, -0.2) is 32.0 Å². The fourth-order valence-electron chi connectivity index (χ4n) is 3.07. The summed E-state index contributed by atoms with van der Waals surface area (Å²) in [5.74, 6) is 0.871. The minimum absolute atomic E-state index is 0.0113. The van der Waals surface area contributed by atoms with Gasteiger partial charge in [0.15, 0.2) is 0 Å². The summed E-state index contributed by atoms with van der Waals surface area (Å²) < 4.78 is 5.20. The van der Waals surface area contributed by atoms with E-state index in [1.54, 1.807) is 7.11 Å². The molecule has 0 bridgehead atoms. The van der Waals surface area contributed by atoms with E-state index in [-0.39, 0.29) is 17.7 Å². The molecule has 5 heteroatoms. The summed E-state index contributed by atoms with van der Waals surface area (Å²) in [6.07, 6.45) is 1.09. The average Bonchev–Trinajstić information content (AvgIpc) is 2.66. The van der Waals surface area contributed by atoms with Gasteiger partial charge < -0.3 is 15.4 Å². The molecule has 0 aromatic heterocycles. The number of nitrogens with one attached hydrogen (secondary N) is 2. The minimum atomic E-state index is -0.0452. The first kappa shape index (κ1) is 17.0. The molecule has 1 atom stereocenters. The van der Waals surface area contributed by atoms with Crippen molar-refractivity contribution in [3.63, 3.8) is 0 Å². The Labute approximate surface area is 147 Å². The molecule has 1 aliphatic rings. The number of aryl methyl sites for hydroxylation is 1. The van der Waals surface area contributed by atoms with Crippen molar-refractivity contribution in [1.29, 1.82) is 0 Å². The summed E-state index contributed by atoms with van der Waals surface area (Å²) in [5, 5.41) is 5.86. The first-order valence-electron chi connectivity index (χ1n) is 8.44.